The molecule has 0 aliphatic carbocycles. The van der Waals surface area contributed by atoms with Crippen LogP contribution in [0.4, 0.5) is 0 Å². The van der Waals surface area contributed by atoms with Crippen molar-refractivity contribution in [3.63, 3.8) is 0 Å². The molecule has 0 aromatic heterocycles. The SMILES string of the molecule is COc1cccc(C(c2ccccc2OC)N2CCCC(C(=O)O)C2)c1. The van der Waals surface area contributed by atoms with Crippen LogP contribution >= 0.6 is 0 Å². The van der Waals surface area contributed by atoms with Crippen molar-refractivity contribution in [1.82, 2.24) is 4.90 Å². The lowest BCUT2D eigenvalue weighted by molar-refractivity contribution is -0.143. The van der Waals surface area contributed by atoms with E-state index in [2.05, 4.69) is 11.0 Å². The van der Waals surface area contributed by atoms with Crippen LogP contribution in [0.1, 0.15) is 30.0 Å². The average molecular weight is 355 g/mol. The number of aliphatic carboxylic acids is 1. The highest BCUT2D eigenvalue weighted by molar-refractivity contribution is 5.70. The molecule has 1 heterocycles. The highest BCUT2D eigenvalue weighted by atomic mass is 16.5. The lowest BCUT2D eigenvalue weighted by Crippen LogP contribution is -2.41. The van der Waals surface area contributed by atoms with Gasteiger partial charge < -0.3 is 14.6 Å². The van der Waals surface area contributed by atoms with Crippen LogP contribution in [-0.2, 0) is 4.79 Å². The molecule has 1 N–H and O–H groups in total. The molecule has 2 atom stereocenters. The summed E-state index contributed by atoms with van der Waals surface area (Å²) < 4.78 is 11.0. The summed E-state index contributed by atoms with van der Waals surface area (Å²) in [5.41, 5.74) is 2.11. The van der Waals surface area contributed by atoms with E-state index in [1.165, 1.54) is 0 Å². The first-order chi connectivity index (χ1) is 12.6. The molecule has 3 rings (SSSR count). The van der Waals surface area contributed by atoms with Gasteiger partial charge in [0.05, 0.1) is 26.2 Å². The highest BCUT2D eigenvalue weighted by Crippen LogP contribution is 2.38. The van der Waals surface area contributed by atoms with E-state index in [4.69, 9.17) is 9.47 Å². The maximum Gasteiger partial charge on any atom is 0.307 e. The van der Waals surface area contributed by atoms with Gasteiger partial charge in [-0.05, 0) is 43.1 Å². The zero-order valence-electron chi connectivity index (χ0n) is 15.2. The second-order valence-corrected chi connectivity index (χ2v) is 6.59. The number of hydrogen-bond donors (Lipinski definition) is 1. The molecule has 1 aliphatic heterocycles. The number of hydrogen-bond acceptors (Lipinski definition) is 4. The van der Waals surface area contributed by atoms with Gasteiger partial charge >= 0.3 is 5.97 Å². The minimum atomic E-state index is -0.723. The van der Waals surface area contributed by atoms with Gasteiger partial charge in [0.2, 0.25) is 0 Å². The largest absolute Gasteiger partial charge is 0.497 e. The number of carbonyl (C=O) groups is 1. The van der Waals surface area contributed by atoms with Gasteiger partial charge in [0.1, 0.15) is 11.5 Å². The van der Waals surface area contributed by atoms with E-state index in [-0.39, 0.29) is 12.0 Å². The molecule has 138 valence electrons. The predicted octanol–water partition coefficient (Wildman–Crippen LogP) is 3.59. The molecular formula is C21H25NO4. The number of ether oxygens (including phenoxy) is 2. The normalized spacial score (nSPS) is 18.9. The Morgan fingerprint density at radius 2 is 1.96 bits per heavy atom. The summed E-state index contributed by atoms with van der Waals surface area (Å²) in [5.74, 6) is 0.526. The number of carboxylic acid groups (broad SMARTS) is 1. The minimum Gasteiger partial charge on any atom is -0.497 e. The van der Waals surface area contributed by atoms with Crippen LogP contribution in [0.5, 0.6) is 11.5 Å². The number of likely N-dealkylation sites (tertiary alicyclic amines) is 1. The molecule has 1 aliphatic rings. The van der Waals surface area contributed by atoms with Gasteiger partial charge in [-0.3, -0.25) is 9.69 Å². The summed E-state index contributed by atoms with van der Waals surface area (Å²) in [5, 5.41) is 9.49. The lowest BCUT2D eigenvalue weighted by Gasteiger charge is -2.38. The van der Waals surface area contributed by atoms with Crippen molar-refractivity contribution < 1.29 is 19.4 Å². The van der Waals surface area contributed by atoms with Crippen molar-refractivity contribution in [2.45, 2.75) is 18.9 Å². The van der Waals surface area contributed by atoms with E-state index in [9.17, 15) is 9.90 Å². The Bertz CT molecular complexity index is 761. The number of piperidine rings is 1. The lowest BCUT2D eigenvalue weighted by atomic mass is 9.91. The third-order valence-electron chi connectivity index (χ3n) is 5.01. The third kappa shape index (κ3) is 3.83. The Labute approximate surface area is 154 Å². The second kappa shape index (κ2) is 8.23. The molecule has 0 amide bonds. The molecule has 2 unspecified atom stereocenters. The van der Waals surface area contributed by atoms with E-state index in [1.54, 1.807) is 14.2 Å². The van der Waals surface area contributed by atoms with Crippen molar-refractivity contribution in [3.05, 3.63) is 59.7 Å². The van der Waals surface area contributed by atoms with Crippen molar-refractivity contribution in [1.29, 1.82) is 0 Å². The van der Waals surface area contributed by atoms with Gasteiger partial charge in [0, 0.05) is 12.1 Å². The molecular weight excluding hydrogens is 330 g/mol. The Kier molecular flexibility index (Phi) is 5.78. The zero-order valence-corrected chi connectivity index (χ0v) is 15.2. The molecule has 0 bridgehead atoms. The van der Waals surface area contributed by atoms with Crippen LogP contribution in [0.25, 0.3) is 0 Å². The number of benzene rings is 2. The standard InChI is InChI=1S/C21H25NO4/c1-25-17-9-5-7-15(13-17)20(18-10-3-4-11-19(18)26-2)22-12-6-8-16(14-22)21(23)24/h3-5,7,9-11,13,16,20H,6,8,12,14H2,1-2H3,(H,23,24). The Hall–Kier alpha value is -2.53. The summed E-state index contributed by atoms with van der Waals surface area (Å²) in [6.45, 7) is 1.37. The van der Waals surface area contributed by atoms with Crippen LogP contribution in [0.15, 0.2) is 48.5 Å². The Morgan fingerprint density at radius 1 is 1.15 bits per heavy atom. The molecule has 1 saturated heterocycles. The molecule has 5 nitrogen and oxygen atoms in total. The minimum absolute atomic E-state index is 0.0802. The first-order valence-electron chi connectivity index (χ1n) is 8.87. The second-order valence-electron chi connectivity index (χ2n) is 6.59. The molecule has 26 heavy (non-hydrogen) atoms. The van der Waals surface area contributed by atoms with Crippen molar-refractivity contribution in [2.75, 3.05) is 27.3 Å². The molecule has 0 radical (unpaired) electrons. The van der Waals surface area contributed by atoms with Crippen molar-refractivity contribution in [2.24, 2.45) is 5.92 Å². The summed E-state index contributed by atoms with van der Waals surface area (Å²) in [6, 6.07) is 15.8. The van der Waals surface area contributed by atoms with E-state index in [0.717, 1.165) is 42.0 Å². The van der Waals surface area contributed by atoms with Crippen LogP contribution < -0.4 is 9.47 Å². The van der Waals surface area contributed by atoms with Crippen LogP contribution in [0.2, 0.25) is 0 Å². The number of nitrogens with zero attached hydrogens (tertiary/aromatic N) is 1. The smallest absolute Gasteiger partial charge is 0.307 e. The maximum absolute atomic E-state index is 11.5. The first kappa shape index (κ1) is 18.3. The summed E-state index contributed by atoms with van der Waals surface area (Å²) in [4.78, 5) is 13.8. The van der Waals surface area contributed by atoms with E-state index >= 15 is 0 Å². The topological polar surface area (TPSA) is 59.0 Å². The van der Waals surface area contributed by atoms with Crippen LogP contribution in [0, 0.1) is 5.92 Å². The summed E-state index contributed by atoms with van der Waals surface area (Å²) >= 11 is 0. The van der Waals surface area contributed by atoms with Gasteiger partial charge in [-0.25, -0.2) is 0 Å². The predicted molar refractivity (Wildman–Crippen MR) is 99.8 cm³/mol. The number of para-hydroxylation sites is 1. The summed E-state index contributed by atoms with van der Waals surface area (Å²) in [7, 11) is 3.32. The van der Waals surface area contributed by atoms with Gasteiger partial charge in [-0.15, -0.1) is 0 Å². The number of methoxy groups -OCH3 is 2. The number of carboxylic acids is 1. The van der Waals surface area contributed by atoms with Crippen LogP contribution in [0.3, 0.4) is 0 Å². The van der Waals surface area contributed by atoms with Gasteiger partial charge in [-0.2, -0.15) is 0 Å². The Morgan fingerprint density at radius 3 is 2.69 bits per heavy atom. The van der Waals surface area contributed by atoms with E-state index in [1.807, 2.05) is 42.5 Å². The van der Waals surface area contributed by atoms with Crippen LogP contribution in [-0.4, -0.2) is 43.3 Å². The highest BCUT2D eigenvalue weighted by Gasteiger charge is 2.32. The Balaban J connectivity index is 2.05. The van der Waals surface area contributed by atoms with Gasteiger partial charge in [0.25, 0.3) is 0 Å². The average Bonchev–Trinajstić information content (AvgIpc) is 2.69. The molecule has 0 saturated carbocycles. The zero-order chi connectivity index (χ0) is 18.5. The van der Waals surface area contributed by atoms with Crippen molar-refractivity contribution >= 4 is 5.97 Å². The fourth-order valence-electron chi connectivity index (χ4n) is 3.73. The summed E-state index contributed by atoms with van der Waals surface area (Å²) in [6.07, 6.45) is 1.59. The van der Waals surface area contributed by atoms with Gasteiger partial charge in [-0.1, -0.05) is 30.3 Å². The first-order valence-corrected chi connectivity index (χ1v) is 8.87. The fraction of sp³-hybridized carbons (Fsp3) is 0.381. The van der Waals surface area contributed by atoms with E-state index < -0.39 is 5.97 Å². The molecule has 2 aromatic carbocycles. The molecule has 5 heteroatoms. The monoisotopic (exact) mass is 355 g/mol. The molecule has 0 spiro atoms. The van der Waals surface area contributed by atoms with Gasteiger partial charge in [0.15, 0.2) is 0 Å². The molecule has 2 aromatic rings. The molecule has 1 fully saturated rings. The number of rotatable bonds is 6. The fourth-order valence-corrected chi connectivity index (χ4v) is 3.73. The van der Waals surface area contributed by atoms with Crippen molar-refractivity contribution in [3.8, 4) is 11.5 Å². The maximum atomic E-state index is 11.5. The third-order valence-corrected chi connectivity index (χ3v) is 5.01. The van der Waals surface area contributed by atoms with E-state index in [0.29, 0.717) is 6.54 Å². The quantitative estimate of drug-likeness (QED) is 0.858.